The lowest BCUT2D eigenvalue weighted by Crippen LogP contribution is -2.50. The zero-order chi connectivity index (χ0) is 12.1. The average Bonchev–Trinajstić information content (AvgIpc) is 2.78. The number of methoxy groups -OCH3 is 1. The number of anilines is 1. The lowest BCUT2D eigenvalue weighted by molar-refractivity contribution is 0.190. The van der Waals surface area contributed by atoms with Gasteiger partial charge in [-0.3, -0.25) is 0 Å². The molecule has 0 saturated carbocycles. The third-order valence-electron chi connectivity index (χ3n) is 3.09. The number of piperazine rings is 1. The first-order valence-corrected chi connectivity index (χ1v) is 6.29. The second-order valence-electron chi connectivity index (χ2n) is 4.57. The molecule has 17 heavy (non-hydrogen) atoms. The van der Waals surface area contributed by atoms with E-state index in [4.69, 9.17) is 4.74 Å². The summed E-state index contributed by atoms with van der Waals surface area (Å²) in [5, 5.41) is 3.45. The van der Waals surface area contributed by atoms with Crippen molar-refractivity contribution in [3.8, 4) is 0 Å². The highest BCUT2D eigenvalue weighted by molar-refractivity contribution is 5.32. The van der Waals surface area contributed by atoms with E-state index in [0.717, 1.165) is 45.2 Å². The molecule has 1 N–H and O–H groups in total. The van der Waals surface area contributed by atoms with E-state index >= 15 is 0 Å². The number of hydrogen-bond acceptors (Lipinski definition) is 4. The van der Waals surface area contributed by atoms with Crippen molar-refractivity contribution in [2.75, 3.05) is 38.3 Å². The standard InChI is InChI=1S/C12H22N4O/c1-11-10-16(8-4-13-11)12-14-5-7-15(12)6-3-9-17-2/h5,7,11,13H,3-4,6,8-10H2,1-2H3/t11-/m1/s1. The summed E-state index contributed by atoms with van der Waals surface area (Å²) in [7, 11) is 1.74. The van der Waals surface area contributed by atoms with E-state index in [1.54, 1.807) is 7.11 Å². The monoisotopic (exact) mass is 238 g/mol. The fraction of sp³-hybridized carbons (Fsp3) is 0.750. The quantitative estimate of drug-likeness (QED) is 0.768. The Morgan fingerprint density at radius 1 is 1.59 bits per heavy atom. The molecule has 2 heterocycles. The summed E-state index contributed by atoms with van der Waals surface area (Å²) in [5.41, 5.74) is 0. The zero-order valence-electron chi connectivity index (χ0n) is 10.7. The molecule has 0 unspecified atom stereocenters. The van der Waals surface area contributed by atoms with Crippen LogP contribution < -0.4 is 10.2 Å². The topological polar surface area (TPSA) is 42.3 Å². The van der Waals surface area contributed by atoms with Gasteiger partial charge in [0, 0.05) is 58.3 Å². The first-order valence-electron chi connectivity index (χ1n) is 6.29. The molecular weight excluding hydrogens is 216 g/mol. The predicted octanol–water partition coefficient (Wildman–Crippen LogP) is 0.718. The van der Waals surface area contributed by atoms with Crippen molar-refractivity contribution in [1.29, 1.82) is 0 Å². The molecule has 1 aliphatic heterocycles. The molecule has 0 radical (unpaired) electrons. The molecule has 1 aromatic heterocycles. The minimum absolute atomic E-state index is 0.535. The van der Waals surface area contributed by atoms with E-state index in [0.29, 0.717) is 6.04 Å². The van der Waals surface area contributed by atoms with Crippen LogP contribution in [0.4, 0.5) is 5.95 Å². The molecule has 5 heteroatoms. The summed E-state index contributed by atoms with van der Waals surface area (Å²) >= 11 is 0. The van der Waals surface area contributed by atoms with Gasteiger partial charge < -0.3 is 19.5 Å². The Bertz CT molecular complexity index is 339. The lowest BCUT2D eigenvalue weighted by atomic mass is 10.2. The highest BCUT2D eigenvalue weighted by Crippen LogP contribution is 2.14. The Kier molecular flexibility index (Phi) is 4.39. The molecule has 0 bridgehead atoms. The number of rotatable bonds is 5. The number of nitrogens with one attached hydrogen (secondary N) is 1. The molecule has 1 saturated heterocycles. The molecule has 1 aromatic rings. The van der Waals surface area contributed by atoms with Gasteiger partial charge in [0.2, 0.25) is 5.95 Å². The Balaban J connectivity index is 1.97. The third-order valence-corrected chi connectivity index (χ3v) is 3.09. The van der Waals surface area contributed by atoms with Crippen LogP contribution in [0.3, 0.4) is 0 Å². The number of imidazole rings is 1. The lowest BCUT2D eigenvalue weighted by Gasteiger charge is -2.32. The summed E-state index contributed by atoms with van der Waals surface area (Å²) in [6.07, 6.45) is 4.97. The van der Waals surface area contributed by atoms with Gasteiger partial charge in [0.15, 0.2) is 0 Å². The van der Waals surface area contributed by atoms with Gasteiger partial charge in [0.05, 0.1) is 0 Å². The number of nitrogens with zero attached hydrogens (tertiary/aromatic N) is 3. The molecule has 2 rings (SSSR count). The molecule has 0 aliphatic carbocycles. The summed E-state index contributed by atoms with van der Waals surface area (Å²) < 4.78 is 7.30. The van der Waals surface area contributed by atoms with Gasteiger partial charge in [-0.1, -0.05) is 0 Å². The SMILES string of the molecule is COCCCn1ccnc1N1CCN[C@H](C)C1. The fourth-order valence-electron chi connectivity index (χ4n) is 2.25. The molecule has 0 spiro atoms. The maximum Gasteiger partial charge on any atom is 0.205 e. The molecule has 0 amide bonds. The Morgan fingerprint density at radius 2 is 2.47 bits per heavy atom. The van der Waals surface area contributed by atoms with Crippen LogP contribution in [0.2, 0.25) is 0 Å². The van der Waals surface area contributed by atoms with Crippen LogP contribution in [0.5, 0.6) is 0 Å². The normalized spacial score (nSPS) is 20.8. The minimum Gasteiger partial charge on any atom is -0.385 e. The minimum atomic E-state index is 0.535. The summed E-state index contributed by atoms with van der Waals surface area (Å²) in [6, 6.07) is 0.535. The highest BCUT2D eigenvalue weighted by Gasteiger charge is 2.19. The van der Waals surface area contributed by atoms with Crippen LogP contribution >= 0.6 is 0 Å². The van der Waals surface area contributed by atoms with Gasteiger partial charge in [-0.25, -0.2) is 4.98 Å². The number of ether oxygens (including phenoxy) is 1. The summed E-state index contributed by atoms with van der Waals surface area (Å²) in [6.45, 7) is 7.08. The second kappa shape index (κ2) is 6.02. The van der Waals surface area contributed by atoms with Gasteiger partial charge in [0.25, 0.3) is 0 Å². The van der Waals surface area contributed by atoms with E-state index in [2.05, 4.69) is 32.9 Å². The molecular formula is C12H22N4O. The van der Waals surface area contributed by atoms with Crippen LogP contribution in [-0.4, -0.2) is 48.9 Å². The average molecular weight is 238 g/mol. The largest absolute Gasteiger partial charge is 0.385 e. The van der Waals surface area contributed by atoms with Crippen LogP contribution in [0.15, 0.2) is 12.4 Å². The van der Waals surface area contributed by atoms with Crippen LogP contribution in [-0.2, 0) is 11.3 Å². The van der Waals surface area contributed by atoms with Crippen molar-refractivity contribution in [1.82, 2.24) is 14.9 Å². The van der Waals surface area contributed by atoms with Crippen molar-refractivity contribution in [2.24, 2.45) is 0 Å². The van der Waals surface area contributed by atoms with Crippen LogP contribution in [0, 0.1) is 0 Å². The molecule has 1 fully saturated rings. The molecule has 96 valence electrons. The van der Waals surface area contributed by atoms with E-state index in [1.807, 2.05) is 6.20 Å². The Hall–Kier alpha value is -1.07. The van der Waals surface area contributed by atoms with Crippen molar-refractivity contribution in [3.05, 3.63) is 12.4 Å². The number of aryl methyl sites for hydroxylation is 1. The zero-order valence-corrected chi connectivity index (χ0v) is 10.7. The van der Waals surface area contributed by atoms with E-state index < -0.39 is 0 Å². The highest BCUT2D eigenvalue weighted by atomic mass is 16.5. The third kappa shape index (κ3) is 3.20. The van der Waals surface area contributed by atoms with Crippen molar-refractivity contribution in [3.63, 3.8) is 0 Å². The van der Waals surface area contributed by atoms with Crippen LogP contribution in [0.1, 0.15) is 13.3 Å². The summed E-state index contributed by atoms with van der Waals surface area (Å²) in [5.74, 6) is 1.09. The van der Waals surface area contributed by atoms with Crippen molar-refractivity contribution < 1.29 is 4.74 Å². The van der Waals surface area contributed by atoms with Crippen molar-refractivity contribution >= 4 is 5.95 Å². The summed E-state index contributed by atoms with van der Waals surface area (Å²) in [4.78, 5) is 6.83. The number of hydrogen-bond donors (Lipinski definition) is 1. The molecule has 1 aliphatic rings. The van der Waals surface area contributed by atoms with E-state index in [-0.39, 0.29) is 0 Å². The first-order chi connectivity index (χ1) is 8.31. The molecule has 5 nitrogen and oxygen atoms in total. The van der Waals surface area contributed by atoms with Gasteiger partial charge in [-0.2, -0.15) is 0 Å². The Morgan fingerprint density at radius 3 is 3.24 bits per heavy atom. The molecule has 1 atom stereocenters. The van der Waals surface area contributed by atoms with Crippen LogP contribution in [0.25, 0.3) is 0 Å². The van der Waals surface area contributed by atoms with Crippen molar-refractivity contribution in [2.45, 2.75) is 25.9 Å². The molecule has 0 aromatic carbocycles. The predicted molar refractivity (Wildman–Crippen MR) is 68.4 cm³/mol. The number of aromatic nitrogens is 2. The smallest absolute Gasteiger partial charge is 0.205 e. The second-order valence-corrected chi connectivity index (χ2v) is 4.57. The Labute approximate surface area is 103 Å². The fourth-order valence-corrected chi connectivity index (χ4v) is 2.25. The van der Waals surface area contributed by atoms with Gasteiger partial charge >= 0.3 is 0 Å². The maximum absolute atomic E-state index is 5.09. The van der Waals surface area contributed by atoms with E-state index in [9.17, 15) is 0 Å². The van der Waals surface area contributed by atoms with Gasteiger partial charge in [-0.05, 0) is 13.3 Å². The first kappa shape index (κ1) is 12.4. The maximum atomic E-state index is 5.09. The van der Waals surface area contributed by atoms with Gasteiger partial charge in [-0.15, -0.1) is 0 Å². The van der Waals surface area contributed by atoms with E-state index in [1.165, 1.54) is 0 Å². The van der Waals surface area contributed by atoms with Gasteiger partial charge in [0.1, 0.15) is 0 Å².